The quantitative estimate of drug-likeness (QED) is 0.728. The molecule has 14 heavy (non-hydrogen) atoms. The van der Waals surface area contributed by atoms with E-state index in [4.69, 9.17) is 4.52 Å². The van der Waals surface area contributed by atoms with Crippen LogP contribution in [0.5, 0.6) is 0 Å². The van der Waals surface area contributed by atoms with E-state index in [0.29, 0.717) is 9.72 Å². The summed E-state index contributed by atoms with van der Waals surface area (Å²) in [6.45, 7) is 2.03. The predicted octanol–water partition coefficient (Wildman–Crippen LogP) is 3.41. The van der Waals surface area contributed by atoms with Gasteiger partial charge in [-0.2, -0.15) is 4.98 Å². The van der Waals surface area contributed by atoms with Gasteiger partial charge in [-0.05, 0) is 40.5 Å². The van der Waals surface area contributed by atoms with Gasteiger partial charge in [-0.1, -0.05) is 11.2 Å². The molecule has 2 rings (SSSR count). The van der Waals surface area contributed by atoms with Gasteiger partial charge in [0, 0.05) is 27.1 Å². The van der Waals surface area contributed by atoms with Crippen molar-refractivity contribution in [3.05, 3.63) is 32.1 Å². The second-order valence-corrected chi connectivity index (χ2v) is 4.67. The Labute approximate surface area is 103 Å². The van der Waals surface area contributed by atoms with E-state index >= 15 is 0 Å². The summed E-state index contributed by atoms with van der Waals surface area (Å²) in [6, 6.07) is 5.99. The standard InChI is InChI=1S/C9H6BrIN2O/c1-5-2-3-6(7(10)4-5)8-12-9(11)13-14-8/h2-4H,1H3. The molecule has 0 saturated heterocycles. The Bertz CT molecular complexity index is 470. The Balaban J connectivity index is 2.52. The molecule has 1 heterocycles. The number of rotatable bonds is 1. The zero-order chi connectivity index (χ0) is 10.1. The summed E-state index contributed by atoms with van der Waals surface area (Å²) in [5.41, 5.74) is 2.11. The summed E-state index contributed by atoms with van der Waals surface area (Å²) in [4.78, 5) is 4.15. The summed E-state index contributed by atoms with van der Waals surface area (Å²) in [6.07, 6.45) is 0. The first-order valence-electron chi connectivity index (χ1n) is 3.92. The van der Waals surface area contributed by atoms with Gasteiger partial charge in [-0.15, -0.1) is 0 Å². The van der Waals surface area contributed by atoms with E-state index in [9.17, 15) is 0 Å². The van der Waals surface area contributed by atoms with Gasteiger partial charge in [0.05, 0.1) is 5.56 Å². The number of benzene rings is 1. The largest absolute Gasteiger partial charge is 0.333 e. The highest BCUT2D eigenvalue weighted by atomic mass is 127. The van der Waals surface area contributed by atoms with Crippen molar-refractivity contribution in [3.63, 3.8) is 0 Å². The second-order valence-electron chi connectivity index (χ2n) is 2.85. The first-order chi connectivity index (χ1) is 6.66. The number of hydrogen-bond acceptors (Lipinski definition) is 3. The van der Waals surface area contributed by atoms with Crippen molar-refractivity contribution in [2.45, 2.75) is 6.92 Å². The lowest BCUT2D eigenvalue weighted by molar-refractivity contribution is 0.425. The molecule has 0 N–H and O–H groups in total. The third-order valence-electron chi connectivity index (χ3n) is 1.76. The number of nitrogens with zero attached hydrogens (tertiary/aromatic N) is 2. The Morgan fingerprint density at radius 3 is 2.79 bits per heavy atom. The second kappa shape index (κ2) is 3.98. The van der Waals surface area contributed by atoms with Crippen molar-refractivity contribution in [2.24, 2.45) is 0 Å². The van der Waals surface area contributed by atoms with Gasteiger partial charge in [-0.3, -0.25) is 0 Å². The van der Waals surface area contributed by atoms with Crippen LogP contribution in [-0.2, 0) is 0 Å². The summed E-state index contributed by atoms with van der Waals surface area (Å²) < 4.78 is 6.66. The average Bonchev–Trinajstić information content (AvgIpc) is 2.51. The molecule has 1 aromatic heterocycles. The summed E-state index contributed by atoms with van der Waals surface area (Å²) in [7, 11) is 0. The molecule has 0 spiro atoms. The SMILES string of the molecule is Cc1ccc(-c2nc(I)no2)c(Br)c1. The lowest BCUT2D eigenvalue weighted by Crippen LogP contribution is -1.81. The number of aryl methyl sites for hydroxylation is 1. The summed E-state index contributed by atoms with van der Waals surface area (Å²) in [5.74, 6) is 0.543. The Morgan fingerprint density at radius 1 is 1.43 bits per heavy atom. The van der Waals surface area contributed by atoms with Gasteiger partial charge in [0.25, 0.3) is 5.89 Å². The zero-order valence-electron chi connectivity index (χ0n) is 7.29. The molecule has 2 aromatic rings. The van der Waals surface area contributed by atoms with Gasteiger partial charge in [0.2, 0.25) is 3.83 Å². The summed E-state index contributed by atoms with van der Waals surface area (Å²) in [5, 5.41) is 3.74. The van der Waals surface area contributed by atoms with E-state index in [-0.39, 0.29) is 0 Å². The molecule has 72 valence electrons. The van der Waals surface area contributed by atoms with E-state index in [0.717, 1.165) is 10.0 Å². The van der Waals surface area contributed by atoms with Crippen LogP contribution in [0.15, 0.2) is 27.2 Å². The number of hydrogen-bond donors (Lipinski definition) is 0. The van der Waals surface area contributed by atoms with Crippen molar-refractivity contribution in [1.29, 1.82) is 0 Å². The van der Waals surface area contributed by atoms with Crippen LogP contribution < -0.4 is 0 Å². The van der Waals surface area contributed by atoms with Crippen molar-refractivity contribution < 1.29 is 4.52 Å². The van der Waals surface area contributed by atoms with Gasteiger partial charge in [0.15, 0.2) is 0 Å². The monoisotopic (exact) mass is 364 g/mol. The van der Waals surface area contributed by atoms with Crippen LogP contribution in [0.25, 0.3) is 11.5 Å². The van der Waals surface area contributed by atoms with E-state index in [1.54, 1.807) is 0 Å². The molecule has 0 aliphatic rings. The third kappa shape index (κ3) is 1.98. The molecule has 0 aliphatic heterocycles. The molecule has 0 atom stereocenters. The minimum atomic E-state index is 0.543. The van der Waals surface area contributed by atoms with E-state index in [1.807, 2.05) is 47.7 Å². The highest BCUT2D eigenvalue weighted by molar-refractivity contribution is 14.1. The third-order valence-corrected chi connectivity index (χ3v) is 2.85. The van der Waals surface area contributed by atoms with Crippen LogP contribution >= 0.6 is 38.5 Å². The molecular weight excluding hydrogens is 359 g/mol. The molecule has 0 aliphatic carbocycles. The van der Waals surface area contributed by atoms with Gasteiger partial charge >= 0.3 is 0 Å². The molecule has 0 unspecified atom stereocenters. The van der Waals surface area contributed by atoms with E-state index < -0.39 is 0 Å². The fourth-order valence-corrected chi connectivity index (χ4v) is 2.09. The van der Waals surface area contributed by atoms with Crippen molar-refractivity contribution in [1.82, 2.24) is 10.1 Å². The van der Waals surface area contributed by atoms with Crippen LogP contribution in [0.3, 0.4) is 0 Å². The minimum absolute atomic E-state index is 0.543. The molecule has 0 radical (unpaired) electrons. The van der Waals surface area contributed by atoms with Gasteiger partial charge in [-0.25, -0.2) is 0 Å². The smallest absolute Gasteiger partial charge is 0.259 e. The highest BCUT2D eigenvalue weighted by Gasteiger charge is 2.10. The van der Waals surface area contributed by atoms with Crippen molar-refractivity contribution in [3.8, 4) is 11.5 Å². The molecule has 0 fully saturated rings. The maximum Gasteiger partial charge on any atom is 0.259 e. The van der Waals surface area contributed by atoms with Crippen LogP contribution in [0, 0.1) is 10.8 Å². The highest BCUT2D eigenvalue weighted by Crippen LogP contribution is 2.27. The van der Waals surface area contributed by atoms with E-state index in [1.165, 1.54) is 5.56 Å². The summed E-state index contributed by atoms with van der Waals surface area (Å²) >= 11 is 5.48. The lowest BCUT2D eigenvalue weighted by atomic mass is 10.1. The fraction of sp³-hybridized carbons (Fsp3) is 0.111. The van der Waals surface area contributed by atoms with Crippen LogP contribution in [0.4, 0.5) is 0 Å². The molecule has 0 amide bonds. The molecule has 5 heteroatoms. The van der Waals surface area contributed by atoms with Crippen LogP contribution in [0.1, 0.15) is 5.56 Å². The Morgan fingerprint density at radius 2 is 2.21 bits per heavy atom. The molecule has 0 saturated carbocycles. The Kier molecular flexibility index (Phi) is 2.87. The Hall–Kier alpha value is -0.430. The van der Waals surface area contributed by atoms with Crippen molar-refractivity contribution >= 4 is 38.5 Å². The topological polar surface area (TPSA) is 38.9 Å². The maximum absolute atomic E-state index is 5.07. The normalized spacial score (nSPS) is 10.5. The maximum atomic E-state index is 5.07. The van der Waals surface area contributed by atoms with Gasteiger partial charge < -0.3 is 4.52 Å². The average molecular weight is 365 g/mol. The molecule has 3 nitrogen and oxygen atoms in total. The number of aromatic nitrogens is 2. The first kappa shape index (κ1) is 10.1. The van der Waals surface area contributed by atoms with Gasteiger partial charge in [0.1, 0.15) is 0 Å². The van der Waals surface area contributed by atoms with Crippen LogP contribution in [-0.4, -0.2) is 10.1 Å². The predicted molar refractivity (Wildman–Crippen MR) is 64.9 cm³/mol. The minimum Gasteiger partial charge on any atom is -0.333 e. The van der Waals surface area contributed by atoms with Crippen molar-refractivity contribution in [2.75, 3.05) is 0 Å². The molecule has 0 bridgehead atoms. The molecular formula is C9H6BrIN2O. The first-order valence-corrected chi connectivity index (χ1v) is 5.80. The zero-order valence-corrected chi connectivity index (χ0v) is 11.0. The lowest BCUT2D eigenvalue weighted by Gasteiger charge is -1.99. The fourth-order valence-electron chi connectivity index (χ4n) is 1.11. The van der Waals surface area contributed by atoms with E-state index in [2.05, 4.69) is 26.1 Å². The number of halogens is 2. The molecule has 1 aromatic carbocycles. The van der Waals surface area contributed by atoms with Crippen LogP contribution in [0.2, 0.25) is 0 Å².